The quantitative estimate of drug-likeness (QED) is 0.624. The Kier molecular flexibility index (Phi) is 3.73. The van der Waals surface area contributed by atoms with Gasteiger partial charge in [-0.2, -0.15) is 0 Å². The smallest absolute Gasteiger partial charge is 0.227 e. The summed E-state index contributed by atoms with van der Waals surface area (Å²) in [5.74, 6) is 2.15. The molecule has 0 aliphatic carbocycles. The summed E-state index contributed by atoms with van der Waals surface area (Å²) >= 11 is 2.26. The van der Waals surface area contributed by atoms with Gasteiger partial charge in [0.15, 0.2) is 0 Å². The van der Waals surface area contributed by atoms with Crippen LogP contribution in [-0.4, -0.2) is 12.1 Å². The number of fused-ring (bicyclic) bond motifs is 1. The van der Waals surface area contributed by atoms with E-state index in [-0.39, 0.29) is 0 Å². The molecule has 1 aromatic heterocycles. The molecule has 4 heteroatoms. The zero-order chi connectivity index (χ0) is 13.9. The van der Waals surface area contributed by atoms with Crippen LogP contribution in [0.3, 0.4) is 0 Å². The summed E-state index contributed by atoms with van der Waals surface area (Å²) in [6.45, 7) is 0. The van der Waals surface area contributed by atoms with Gasteiger partial charge in [-0.25, -0.2) is 4.98 Å². The van der Waals surface area contributed by atoms with Gasteiger partial charge in [-0.3, -0.25) is 0 Å². The first kappa shape index (κ1) is 13.2. The average molecular weight is 377 g/mol. The summed E-state index contributed by atoms with van der Waals surface area (Å²) in [6, 6.07) is 15.7. The molecule has 0 saturated heterocycles. The molecule has 3 aromatic rings. The second-order valence-electron chi connectivity index (χ2n) is 4.26. The number of ether oxygens (including phenoxy) is 2. The monoisotopic (exact) mass is 377 g/mol. The Labute approximate surface area is 130 Å². The maximum Gasteiger partial charge on any atom is 0.227 e. The van der Waals surface area contributed by atoms with E-state index in [1.54, 1.807) is 13.3 Å². The fourth-order valence-electron chi connectivity index (χ4n) is 1.97. The Bertz CT molecular complexity index is 758. The van der Waals surface area contributed by atoms with E-state index in [0.29, 0.717) is 5.88 Å². The highest BCUT2D eigenvalue weighted by Gasteiger charge is 2.06. The van der Waals surface area contributed by atoms with Crippen molar-refractivity contribution in [3.8, 4) is 17.4 Å². The van der Waals surface area contributed by atoms with Crippen LogP contribution in [0, 0.1) is 3.57 Å². The molecule has 0 spiro atoms. The van der Waals surface area contributed by atoms with Crippen molar-refractivity contribution in [2.24, 2.45) is 0 Å². The van der Waals surface area contributed by atoms with Gasteiger partial charge in [-0.15, -0.1) is 0 Å². The Hall–Kier alpha value is -1.82. The topological polar surface area (TPSA) is 31.4 Å². The highest BCUT2D eigenvalue weighted by Crippen LogP contribution is 2.30. The molecular weight excluding hydrogens is 365 g/mol. The average Bonchev–Trinajstić information content (AvgIpc) is 2.47. The minimum atomic E-state index is 0.586. The third-order valence-corrected chi connectivity index (χ3v) is 3.62. The van der Waals surface area contributed by atoms with Crippen molar-refractivity contribution >= 4 is 33.4 Å². The number of pyridine rings is 1. The zero-order valence-corrected chi connectivity index (χ0v) is 13.0. The molecule has 1 heterocycles. The number of hydrogen-bond donors (Lipinski definition) is 0. The van der Waals surface area contributed by atoms with Gasteiger partial charge >= 0.3 is 0 Å². The number of hydrogen-bond acceptors (Lipinski definition) is 3. The summed E-state index contributed by atoms with van der Waals surface area (Å²) < 4.78 is 12.3. The third kappa shape index (κ3) is 2.70. The van der Waals surface area contributed by atoms with Crippen molar-refractivity contribution in [2.75, 3.05) is 7.11 Å². The largest absolute Gasteiger partial charge is 0.497 e. The van der Waals surface area contributed by atoms with Crippen molar-refractivity contribution < 1.29 is 9.47 Å². The molecule has 0 aliphatic rings. The number of nitrogens with zero attached hydrogens (tertiary/aromatic N) is 1. The molecular formula is C16H12INO2. The highest BCUT2D eigenvalue weighted by molar-refractivity contribution is 14.1. The number of aromatic nitrogens is 1. The molecule has 0 atom stereocenters. The summed E-state index contributed by atoms with van der Waals surface area (Å²) in [6.07, 6.45) is 1.75. The van der Waals surface area contributed by atoms with Crippen LogP contribution in [0.2, 0.25) is 0 Å². The second-order valence-corrected chi connectivity index (χ2v) is 5.51. The molecule has 100 valence electrons. The maximum absolute atomic E-state index is 5.90. The molecule has 0 saturated carbocycles. The molecule has 0 N–H and O–H groups in total. The molecule has 0 fully saturated rings. The van der Waals surface area contributed by atoms with E-state index < -0.39 is 0 Å². The van der Waals surface area contributed by atoms with E-state index in [1.807, 2.05) is 48.5 Å². The lowest BCUT2D eigenvalue weighted by Gasteiger charge is -2.09. The third-order valence-electron chi connectivity index (χ3n) is 2.95. The van der Waals surface area contributed by atoms with Gasteiger partial charge in [0, 0.05) is 15.2 Å². The number of rotatable bonds is 3. The zero-order valence-electron chi connectivity index (χ0n) is 10.8. The Morgan fingerprint density at radius 1 is 1.00 bits per heavy atom. The second kappa shape index (κ2) is 5.66. The van der Waals surface area contributed by atoms with Crippen molar-refractivity contribution in [1.29, 1.82) is 0 Å². The van der Waals surface area contributed by atoms with Gasteiger partial charge in [0.2, 0.25) is 5.88 Å². The summed E-state index contributed by atoms with van der Waals surface area (Å²) in [4.78, 5) is 4.33. The van der Waals surface area contributed by atoms with Gasteiger partial charge in [0.1, 0.15) is 11.5 Å². The van der Waals surface area contributed by atoms with Crippen LogP contribution < -0.4 is 9.47 Å². The van der Waals surface area contributed by atoms with Crippen LogP contribution in [-0.2, 0) is 0 Å². The lowest BCUT2D eigenvalue weighted by Crippen LogP contribution is -1.90. The lowest BCUT2D eigenvalue weighted by atomic mass is 10.1. The van der Waals surface area contributed by atoms with E-state index in [4.69, 9.17) is 9.47 Å². The normalized spacial score (nSPS) is 10.5. The van der Waals surface area contributed by atoms with E-state index >= 15 is 0 Å². The van der Waals surface area contributed by atoms with Crippen molar-refractivity contribution in [2.45, 2.75) is 0 Å². The van der Waals surface area contributed by atoms with Crippen LogP contribution in [0.1, 0.15) is 0 Å². The molecule has 3 rings (SSSR count). The minimum Gasteiger partial charge on any atom is -0.497 e. The number of halogens is 1. The Morgan fingerprint density at radius 3 is 2.70 bits per heavy atom. The van der Waals surface area contributed by atoms with Gasteiger partial charge in [0.05, 0.1) is 7.11 Å². The van der Waals surface area contributed by atoms with Gasteiger partial charge < -0.3 is 9.47 Å². The molecule has 0 amide bonds. The number of benzene rings is 2. The molecule has 2 aromatic carbocycles. The summed E-state index contributed by atoms with van der Waals surface area (Å²) in [7, 11) is 1.65. The highest BCUT2D eigenvalue weighted by atomic mass is 127. The van der Waals surface area contributed by atoms with E-state index in [1.165, 1.54) is 0 Å². The van der Waals surface area contributed by atoms with E-state index in [0.717, 1.165) is 25.8 Å². The van der Waals surface area contributed by atoms with E-state index in [9.17, 15) is 0 Å². The standard InChI is InChI=1S/C16H12INO2/c1-19-13-6-5-11-7-8-18-16(15(11)10-13)20-14-4-2-3-12(17)9-14/h2-10H,1H3. The molecule has 0 radical (unpaired) electrons. The predicted octanol–water partition coefficient (Wildman–Crippen LogP) is 4.64. The van der Waals surface area contributed by atoms with Crippen molar-refractivity contribution in [3.05, 3.63) is 58.3 Å². The fourth-order valence-corrected chi connectivity index (χ4v) is 2.49. The van der Waals surface area contributed by atoms with Crippen LogP contribution >= 0.6 is 22.6 Å². The molecule has 0 bridgehead atoms. The lowest BCUT2D eigenvalue weighted by molar-refractivity contribution is 0.415. The molecule has 0 unspecified atom stereocenters. The van der Waals surface area contributed by atoms with E-state index in [2.05, 4.69) is 27.6 Å². The van der Waals surface area contributed by atoms with Crippen molar-refractivity contribution in [3.63, 3.8) is 0 Å². The van der Waals surface area contributed by atoms with Crippen LogP contribution in [0.4, 0.5) is 0 Å². The molecule has 20 heavy (non-hydrogen) atoms. The first-order valence-electron chi connectivity index (χ1n) is 6.12. The van der Waals surface area contributed by atoms with Crippen LogP contribution in [0.5, 0.6) is 17.4 Å². The summed E-state index contributed by atoms with van der Waals surface area (Å²) in [5, 5.41) is 2.01. The predicted molar refractivity (Wildman–Crippen MR) is 87.5 cm³/mol. The van der Waals surface area contributed by atoms with Gasteiger partial charge in [-0.1, -0.05) is 12.1 Å². The van der Waals surface area contributed by atoms with Gasteiger partial charge in [-0.05, 0) is 64.4 Å². The molecule has 0 aliphatic heterocycles. The van der Waals surface area contributed by atoms with Gasteiger partial charge in [0.25, 0.3) is 0 Å². The maximum atomic E-state index is 5.90. The van der Waals surface area contributed by atoms with Crippen LogP contribution in [0.25, 0.3) is 10.8 Å². The van der Waals surface area contributed by atoms with Crippen molar-refractivity contribution in [1.82, 2.24) is 4.98 Å². The first-order chi connectivity index (χ1) is 9.76. The molecule has 3 nitrogen and oxygen atoms in total. The fraction of sp³-hybridized carbons (Fsp3) is 0.0625. The summed E-state index contributed by atoms with van der Waals surface area (Å²) in [5.41, 5.74) is 0. The first-order valence-corrected chi connectivity index (χ1v) is 7.20. The van der Waals surface area contributed by atoms with Crippen LogP contribution in [0.15, 0.2) is 54.7 Å². The Balaban J connectivity index is 2.06. The minimum absolute atomic E-state index is 0.586. The SMILES string of the molecule is COc1ccc2ccnc(Oc3cccc(I)c3)c2c1. The Morgan fingerprint density at radius 2 is 1.90 bits per heavy atom. The number of methoxy groups -OCH3 is 1.